The second-order valence-electron chi connectivity index (χ2n) is 4.60. The Kier molecular flexibility index (Phi) is 4.21. The van der Waals surface area contributed by atoms with Gasteiger partial charge in [-0.3, -0.25) is 0 Å². The quantitative estimate of drug-likeness (QED) is 0.926. The molecule has 0 aromatic carbocycles. The summed E-state index contributed by atoms with van der Waals surface area (Å²) in [5.41, 5.74) is 0. The number of nitrogens with one attached hydrogen (secondary N) is 1. The zero-order valence-electron chi connectivity index (χ0n) is 9.74. The van der Waals surface area contributed by atoms with E-state index in [0.717, 1.165) is 22.2 Å². The molecule has 0 saturated carbocycles. The summed E-state index contributed by atoms with van der Waals surface area (Å²) >= 11 is 5.02. The minimum Gasteiger partial charge on any atom is -0.361 e. The SMILES string of the molecule is CC(C)N1CCC(CNc2nc(Br)cs2)C1. The minimum absolute atomic E-state index is 0.680. The van der Waals surface area contributed by atoms with Crippen LogP contribution in [0.25, 0.3) is 0 Å². The molecule has 1 fully saturated rings. The second kappa shape index (κ2) is 5.47. The highest BCUT2D eigenvalue weighted by atomic mass is 79.9. The lowest BCUT2D eigenvalue weighted by Crippen LogP contribution is -2.29. The van der Waals surface area contributed by atoms with Gasteiger partial charge >= 0.3 is 0 Å². The van der Waals surface area contributed by atoms with Gasteiger partial charge in [0.15, 0.2) is 5.13 Å². The van der Waals surface area contributed by atoms with Crippen LogP contribution in [-0.2, 0) is 0 Å². The average Bonchev–Trinajstić information content (AvgIpc) is 2.83. The minimum atomic E-state index is 0.680. The van der Waals surface area contributed by atoms with Crippen molar-refractivity contribution >= 4 is 32.4 Å². The number of halogens is 1. The zero-order chi connectivity index (χ0) is 11.5. The first-order valence-corrected chi connectivity index (χ1v) is 7.41. The van der Waals surface area contributed by atoms with Crippen LogP contribution in [0.2, 0.25) is 0 Å². The van der Waals surface area contributed by atoms with Gasteiger partial charge in [-0.1, -0.05) is 0 Å². The fourth-order valence-corrected chi connectivity index (χ4v) is 3.22. The third-order valence-electron chi connectivity index (χ3n) is 3.07. The van der Waals surface area contributed by atoms with Crippen LogP contribution in [0.5, 0.6) is 0 Å². The van der Waals surface area contributed by atoms with Gasteiger partial charge in [0.2, 0.25) is 0 Å². The fraction of sp³-hybridized carbons (Fsp3) is 0.727. The Morgan fingerprint density at radius 2 is 2.50 bits per heavy atom. The van der Waals surface area contributed by atoms with Crippen molar-refractivity contribution in [2.75, 3.05) is 25.0 Å². The van der Waals surface area contributed by atoms with Crippen LogP contribution in [0.3, 0.4) is 0 Å². The summed E-state index contributed by atoms with van der Waals surface area (Å²) in [5.74, 6) is 0.769. The van der Waals surface area contributed by atoms with Gasteiger partial charge in [-0.2, -0.15) is 0 Å². The number of hydrogen-bond acceptors (Lipinski definition) is 4. The van der Waals surface area contributed by atoms with E-state index in [0.29, 0.717) is 6.04 Å². The van der Waals surface area contributed by atoms with Crippen molar-refractivity contribution in [2.45, 2.75) is 26.3 Å². The maximum Gasteiger partial charge on any atom is 0.183 e. The van der Waals surface area contributed by atoms with E-state index in [1.165, 1.54) is 19.5 Å². The van der Waals surface area contributed by atoms with Gasteiger partial charge < -0.3 is 10.2 Å². The molecular formula is C11H18BrN3S. The maximum absolute atomic E-state index is 4.34. The molecular weight excluding hydrogens is 286 g/mol. The number of anilines is 1. The van der Waals surface area contributed by atoms with Gasteiger partial charge in [0, 0.05) is 24.5 Å². The third-order valence-corrected chi connectivity index (χ3v) is 4.57. The normalized spacial score (nSPS) is 21.9. The van der Waals surface area contributed by atoms with E-state index in [9.17, 15) is 0 Å². The van der Waals surface area contributed by atoms with Crippen LogP contribution in [0.4, 0.5) is 5.13 Å². The van der Waals surface area contributed by atoms with Gasteiger partial charge in [-0.05, 0) is 48.7 Å². The molecule has 5 heteroatoms. The first-order chi connectivity index (χ1) is 7.65. The molecule has 3 nitrogen and oxygen atoms in total. The number of nitrogens with zero attached hydrogens (tertiary/aromatic N) is 2. The molecule has 1 aliphatic heterocycles. The van der Waals surface area contributed by atoms with Crippen molar-refractivity contribution in [2.24, 2.45) is 5.92 Å². The van der Waals surface area contributed by atoms with E-state index in [1.54, 1.807) is 11.3 Å². The molecule has 1 atom stereocenters. The van der Waals surface area contributed by atoms with Gasteiger partial charge in [-0.15, -0.1) is 11.3 Å². The highest BCUT2D eigenvalue weighted by Gasteiger charge is 2.23. The van der Waals surface area contributed by atoms with Gasteiger partial charge in [0.1, 0.15) is 4.60 Å². The molecule has 1 aromatic heterocycles. The molecule has 0 spiro atoms. The molecule has 90 valence electrons. The first-order valence-electron chi connectivity index (χ1n) is 5.74. The van der Waals surface area contributed by atoms with Crippen LogP contribution in [0, 0.1) is 5.92 Å². The Morgan fingerprint density at radius 1 is 1.69 bits per heavy atom. The lowest BCUT2D eigenvalue weighted by Gasteiger charge is -2.20. The molecule has 0 amide bonds. The Labute approximate surface area is 109 Å². The summed E-state index contributed by atoms with van der Waals surface area (Å²) < 4.78 is 0.926. The number of rotatable bonds is 4. The molecule has 2 heterocycles. The summed E-state index contributed by atoms with van der Waals surface area (Å²) in [4.78, 5) is 6.88. The number of hydrogen-bond donors (Lipinski definition) is 1. The smallest absolute Gasteiger partial charge is 0.183 e. The molecule has 1 aliphatic rings. The van der Waals surface area contributed by atoms with Crippen molar-refractivity contribution in [3.05, 3.63) is 9.98 Å². The lowest BCUT2D eigenvalue weighted by atomic mass is 10.1. The van der Waals surface area contributed by atoms with Crippen molar-refractivity contribution in [1.29, 1.82) is 0 Å². The van der Waals surface area contributed by atoms with E-state index >= 15 is 0 Å². The fourth-order valence-electron chi connectivity index (χ4n) is 2.07. The second-order valence-corrected chi connectivity index (χ2v) is 6.27. The molecule has 1 N–H and O–H groups in total. The Hall–Kier alpha value is -0.130. The average molecular weight is 304 g/mol. The topological polar surface area (TPSA) is 28.2 Å². The van der Waals surface area contributed by atoms with Crippen LogP contribution in [0.15, 0.2) is 9.98 Å². The molecule has 2 rings (SSSR count). The summed E-state index contributed by atoms with van der Waals surface area (Å²) in [6, 6.07) is 0.680. The van der Waals surface area contributed by atoms with Crippen LogP contribution in [-0.4, -0.2) is 35.6 Å². The van der Waals surface area contributed by atoms with E-state index in [4.69, 9.17) is 0 Å². The largest absolute Gasteiger partial charge is 0.361 e. The molecule has 0 radical (unpaired) electrons. The first kappa shape index (κ1) is 12.3. The highest BCUT2D eigenvalue weighted by molar-refractivity contribution is 9.10. The van der Waals surface area contributed by atoms with Crippen LogP contribution >= 0.6 is 27.3 Å². The maximum atomic E-state index is 4.34. The molecule has 1 saturated heterocycles. The van der Waals surface area contributed by atoms with Crippen molar-refractivity contribution in [3.63, 3.8) is 0 Å². The Balaban J connectivity index is 1.75. The van der Waals surface area contributed by atoms with Crippen LogP contribution < -0.4 is 5.32 Å². The zero-order valence-corrected chi connectivity index (χ0v) is 12.1. The van der Waals surface area contributed by atoms with Crippen LogP contribution in [0.1, 0.15) is 20.3 Å². The van der Waals surface area contributed by atoms with Crippen molar-refractivity contribution < 1.29 is 0 Å². The Morgan fingerprint density at radius 3 is 3.06 bits per heavy atom. The van der Waals surface area contributed by atoms with E-state index < -0.39 is 0 Å². The van der Waals surface area contributed by atoms with Gasteiger partial charge in [0.05, 0.1) is 0 Å². The van der Waals surface area contributed by atoms with E-state index in [1.807, 2.05) is 5.38 Å². The predicted molar refractivity (Wildman–Crippen MR) is 73.1 cm³/mol. The number of aromatic nitrogens is 1. The molecule has 16 heavy (non-hydrogen) atoms. The van der Waals surface area contributed by atoms with Gasteiger partial charge in [0.25, 0.3) is 0 Å². The number of thiazole rings is 1. The van der Waals surface area contributed by atoms with Gasteiger partial charge in [-0.25, -0.2) is 4.98 Å². The van der Waals surface area contributed by atoms with Crippen molar-refractivity contribution in [3.8, 4) is 0 Å². The predicted octanol–water partition coefficient (Wildman–Crippen LogP) is 3.05. The molecule has 1 aromatic rings. The molecule has 1 unspecified atom stereocenters. The summed E-state index contributed by atoms with van der Waals surface area (Å²) in [7, 11) is 0. The van der Waals surface area contributed by atoms with E-state index in [2.05, 4.69) is 45.0 Å². The molecule has 0 aliphatic carbocycles. The Bertz CT molecular complexity index is 340. The summed E-state index contributed by atoms with van der Waals surface area (Å²) in [6.45, 7) is 8.05. The monoisotopic (exact) mass is 303 g/mol. The van der Waals surface area contributed by atoms with Crippen molar-refractivity contribution in [1.82, 2.24) is 9.88 Å². The molecule has 0 bridgehead atoms. The summed E-state index contributed by atoms with van der Waals surface area (Å²) in [5, 5.41) is 6.45. The standard InChI is InChI=1S/C11H18BrN3S/c1-8(2)15-4-3-9(6-15)5-13-11-14-10(12)7-16-11/h7-9H,3-6H2,1-2H3,(H,13,14). The summed E-state index contributed by atoms with van der Waals surface area (Å²) in [6.07, 6.45) is 1.30. The highest BCUT2D eigenvalue weighted by Crippen LogP contribution is 2.22. The lowest BCUT2D eigenvalue weighted by molar-refractivity contribution is 0.266. The van der Waals surface area contributed by atoms with E-state index in [-0.39, 0.29) is 0 Å². The number of likely N-dealkylation sites (tertiary alicyclic amines) is 1. The third kappa shape index (κ3) is 3.18.